The van der Waals surface area contributed by atoms with Crippen LogP contribution in [0.3, 0.4) is 0 Å². The third-order valence-corrected chi connectivity index (χ3v) is 6.43. The Kier molecular flexibility index (Phi) is 5.56. The van der Waals surface area contributed by atoms with Crippen molar-refractivity contribution in [3.05, 3.63) is 59.7 Å². The molecule has 2 aromatic carbocycles. The number of nitrogens with one attached hydrogen (secondary N) is 1. The first kappa shape index (κ1) is 19.5. The summed E-state index contributed by atoms with van der Waals surface area (Å²) < 4.78 is 11.3. The number of fused-ring (bicyclic) bond motifs is 1. The van der Waals surface area contributed by atoms with Gasteiger partial charge in [0, 0.05) is 5.92 Å². The standard InChI is InChI=1S/C24H28N2O3/c1-24-13-7-6-10-19(24)22(24)23(27)26-25-15-18-11-12-20(21(14-18)28-2)29-16-17-8-4-3-5-9-17/h3-5,8-9,11-12,14-15,19,22H,6-7,10,13,16H2,1-2H3,(H,26,27)/b25-15+/t19-,22-,24-/m0/s1. The van der Waals surface area contributed by atoms with Crippen LogP contribution >= 0.6 is 0 Å². The van der Waals surface area contributed by atoms with Crippen LogP contribution in [0.5, 0.6) is 11.5 Å². The lowest BCUT2D eigenvalue weighted by molar-refractivity contribution is -0.123. The number of benzene rings is 2. The van der Waals surface area contributed by atoms with Crippen LogP contribution in [0.1, 0.15) is 43.7 Å². The molecule has 5 heteroatoms. The van der Waals surface area contributed by atoms with Gasteiger partial charge in [-0.1, -0.05) is 50.1 Å². The maximum Gasteiger partial charge on any atom is 0.244 e. The molecular formula is C24H28N2O3. The van der Waals surface area contributed by atoms with Gasteiger partial charge in [-0.3, -0.25) is 4.79 Å². The summed E-state index contributed by atoms with van der Waals surface area (Å²) in [4.78, 5) is 12.5. The van der Waals surface area contributed by atoms with E-state index >= 15 is 0 Å². The van der Waals surface area contributed by atoms with Crippen molar-refractivity contribution in [2.24, 2.45) is 22.4 Å². The molecular weight excluding hydrogens is 364 g/mol. The quantitative estimate of drug-likeness (QED) is 0.555. The molecule has 1 N–H and O–H groups in total. The Morgan fingerprint density at radius 1 is 1.21 bits per heavy atom. The first-order chi connectivity index (χ1) is 14.1. The van der Waals surface area contributed by atoms with E-state index in [1.54, 1.807) is 13.3 Å². The van der Waals surface area contributed by atoms with Gasteiger partial charge in [-0.05, 0) is 53.5 Å². The molecule has 0 unspecified atom stereocenters. The lowest BCUT2D eigenvalue weighted by Gasteiger charge is -2.15. The Labute approximate surface area is 172 Å². The maximum atomic E-state index is 12.5. The summed E-state index contributed by atoms with van der Waals surface area (Å²) in [5, 5.41) is 4.17. The molecule has 0 aliphatic heterocycles. The van der Waals surface area contributed by atoms with Crippen LogP contribution in [0.2, 0.25) is 0 Å². The molecule has 2 aromatic rings. The minimum absolute atomic E-state index is 0.0467. The number of ether oxygens (including phenoxy) is 2. The number of methoxy groups -OCH3 is 1. The fourth-order valence-electron chi connectivity index (χ4n) is 4.71. The Balaban J connectivity index is 1.34. The second-order valence-corrected chi connectivity index (χ2v) is 8.25. The van der Waals surface area contributed by atoms with Gasteiger partial charge in [-0.25, -0.2) is 5.43 Å². The number of hydrogen-bond acceptors (Lipinski definition) is 4. The Morgan fingerprint density at radius 3 is 2.76 bits per heavy atom. The van der Waals surface area contributed by atoms with Gasteiger partial charge >= 0.3 is 0 Å². The lowest BCUT2D eigenvalue weighted by atomic mass is 9.90. The van der Waals surface area contributed by atoms with Gasteiger partial charge in [0.15, 0.2) is 11.5 Å². The third-order valence-electron chi connectivity index (χ3n) is 6.43. The summed E-state index contributed by atoms with van der Waals surface area (Å²) in [7, 11) is 1.61. The molecule has 0 aromatic heterocycles. The monoisotopic (exact) mass is 392 g/mol. The second-order valence-electron chi connectivity index (χ2n) is 8.25. The highest BCUT2D eigenvalue weighted by Crippen LogP contribution is 2.66. The van der Waals surface area contributed by atoms with Gasteiger partial charge in [-0.2, -0.15) is 5.10 Å². The van der Waals surface area contributed by atoms with Gasteiger partial charge in [0.1, 0.15) is 6.61 Å². The van der Waals surface area contributed by atoms with Crippen molar-refractivity contribution < 1.29 is 14.3 Å². The summed E-state index contributed by atoms with van der Waals surface area (Å²) >= 11 is 0. The Bertz CT molecular complexity index is 896. The zero-order valence-corrected chi connectivity index (χ0v) is 17.1. The Hall–Kier alpha value is -2.82. The van der Waals surface area contributed by atoms with Crippen molar-refractivity contribution in [3.8, 4) is 11.5 Å². The van der Waals surface area contributed by atoms with E-state index < -0.39 is 0 Å². The molecule has 152 valence electrons. The number of carbonyl (C=O) groups excluding carboxylic acids is 1. The minimum atomic E-state index is 0.0467. The average molecular weight is 392 g/mol. The largest absolute Gasteiger partial charge is 0.493 e. The molecule has 2 fully saturated rings. The molecule has 0 radical (unpaired) electrons. The van der Waals surface area contributed by atoms with Crippen LogP contribution in [-0.4, -0.2) is 19.2 Å². The van der Waals surface area contributed by atoms with Crippen molar-refractivity contribution in [1.82, 2.24) is 5.43 Å². The molecule has 4 rings (SSSR count). The van der Waals surface area contributed by atoms with E-state index in [0.29, 0.717) is 24.0 Å². The summed E-state index contributed by atoms with van der Waals surface area (Å²) in [6.07, 6.45) is 6.45. The highest BCUT2D eigenvalue weighted by molar-refractivity contribution is 5.86. The highest BCUT2D eigenvalue weighted by atomic mass is 16.5. The molecule has 29 heavy (non-hydrogen) atoms. The lowest BCUT2D eigenvalue weighted by Crippen LogP contribution is -2.22. The van der Waals surface area contributed by atoms with Crippen molar-refractivity contribution in [2.75, 3.05) is 7.11 Å². The maximum absolute atomic E-state index is 12.5. The van der Waals surface area contributed by atoms with Gasteiger partial charge in [0.25, 0.3) is 0 Å². The first-order valence-electron chi connectivity index (χ1n) is 10.3. The Morgan fingerprint density at radius 2 is 2.03 bits per heavy atom. The first-order valence-corrected chi connectivity index (χ1v) is 10.3. The number of hydrogen-bond donors (Lipinski definition) is 1. The number of carbonyl (C=O) groups is 1. The van der Waals surface area contributed by atoms with E-state index in [2.05, 4.69) is 17.5 Å². The second kappa shape index (κ2) is 8.27. The molecule has 0 heterocycles. The highest BCUT2D eigenvalue weighted by Gasteiger charge is 2.64. The number of nitrogens with zero attached hydrogens (tertiary/aromatic N) is 1. The summed E-state index contributed by atoms with van der Waals surface area (Å²) in [5.41, 5.74) is 4.86. The van der Waals surface area contributed by atoms with Gasteiger partial charge in [-0.15, -0.1) is 0 Å². The van der Waals surface area contributed by atoms with E-state index in [1.165, 1.54) is 19.3 Å². The molecule has 0 spiro atoms. The van der Waals surface area contributed by atoms with Crippen molar-refractivity contribution >= 4 is 12.1 Å². The third kappa shape index (κ3) is 4.14. The summed E-state index contributed by atoms with van der Waals surface area (Å²) in [6.45, 7) is 2.71. The van der Waals surface area contributed by atoms with E-state index in [1.807, 2.05) is 48.5 Å². The van der Waals surface area contributed by atoms with Gasteiger partial charge in [0.2, 0.25) is 5.91 Å². The fraction of sp³-hybridized carbons (Fsp3) is 0.417. The summed E-state index contributed by atoms with van der Waals surface area (Å²) in [6, 6.07) is 15.6. The van der Waals surface area contributed by atoms with Crippen molar-refractivity contribution in [2.45, 2.75) is 39.2 Å². The molecule has 1 amide bonds. The number of hydrazone groups is 1. The topological polar surface area (TPSA) is 59.9 Å². The SMILES string of the molecule is COc1cc(/C=N/NC(=O)[C@@H]2[C@@H]3CCCC[C@]23C)ccc1OCc1ccccc1. The van der Waals surface area contributed by atoms with Crippen LogP contribution in [0.4, 0.5) is 0 Å². The van der Waals surface area contributed by atoms with E-state index in [-0.39, 0.29) is 17.2 Å². The number of rotatable bonds is 7. The summed E-state index contributed by atoms with van der Waals surface area (Å²) in [5.74, 6) is 2.01. The van der Waals surface area contributed by atoms with E-state index in [4.69, 9.17) is 9.47 Å². The minimum Gasteiger partial charge on any atom is -0.493 e. The smallest absolute Gasteiger partial charge is 0.244 e. The number of amides is 1. The fourth-order valence-corrected chi connectivity index (χ4v) is 4.71. The van der Waals surface area contributed by atoms with Crippen LogP contribution in [0.25, 0.3) is 0 Å². The zero-order chi connectivity index (χ0) is 20.3. The van der Waals surface area contributed by atoms with Crippen molar-refractivity contribution in [3.63, 3.8) is 0 Å². The van der Waals surface area contributed by atoms with E-state index in [0.717, 1.165) is 17.5 Å². The predicted octanol–water partition coefficient (Wildman–Crippen LogP) is 4.55. The van der Waals surface area contributed by atoms with Gasteiger partial charge in [0.05, 0.1) is 13.3 Å². The predicted molar refractivity (Wildman–Crippen MR) is 113 cm³/mol. The molecule has 0 saturated heterocycles. The normalized spacial score (nSPS) is 25.3. The van der Waals surface area contributed by atoms with Gasteiger partial charge < -0.3 is 9.47 Å². The van der Waals surface area contributed by atoms with Crippen LogP contribution < -0.4 is 14.9 Å². The van der Waals surface area contributed by atoms with E-state index in [9.17, 15) is 4.79 Å². The van der Waals surface area contributed by atoms with Crippen LogP contribution in [-0.2, 0) is 11.4 Å². The van der Waals surface area contributed by atoms with Crippen molar-refractivity contribution in [1.29, 1.82) is 0 Å². The molecule has 0 bridgehead atoms. The molecule has 2 saturated carbocycles. The zero-order valence-electron chi connectivity index (χ0n) is 17.1. The molecule has 5 nitrogen and oxygen atoms in total. The molecule has 3 atom stereocenters. The van der Waals surface area contributed by atoms with Crippen LogP contribution in [0, 0.1) is 17.3 Å². The molecule has 2 aliphatic rings. The van der Waals surface area contributed by atoms with Crippen LogP contribution in [0.15, 0.2) is 53.6 Å². The average Bonchev–Trinajstić information content (AvgIpc) is 3.38. The molecule has 2 aliphatic carbocycles.